The molecule has 1 heterocycles. The minimum absolute atomic E-state index is 0.000954. The molecule has 55 heavy (non-hydrogen) atoms. The van der Waals surface area contributed by atoms with Crippen LogP contribution in [0.2, 0.25) is 0 Å². The molecular formula is C44H49F3N2O6. The maximum Gasteiger partial charge on any atom is 0.573 e. The van der Waals surface area contributed by atoms with E-state index in [0.29, 0.717) is 56.1 Å². The van der Waals surface area contributed by atoms with E-state index in [1.54, 1.807) is 12.1 Å². The summed E-state index contributed by atoms with van der Waals surface area (Å²) in [6, 6.07) is 23.0. The summed E-state index contributed by atoms with van der Waals surface area (Å²) < 4.78 is 48.4. The molecule has 0 spiro atoms. The zero-order chi connectivity index (χ0) is 39.4. The number of aliphatic hydroxyl groups excluding tert-OH is 1. The van der Waals surface area contributed by atoms with E-state index in [1.807, 2.05) is 69.3 Å². The van der Waals surface area contributed by atoms with Crippen LogP contribution in [0.15, 0.2) is 107 Å². The largest absolute Gasteiger partial charge is 0.573 e. The predicted molar refractivity (Wildman–Crippen MR) is 202 cm³/mol. The van der Waals surface area contributed by atoms with Gasteiger partial charge >= 0.3 is 12.4 Å². The first-order valence-electron chi connectivity index (χ1n) is 18.9. The molecule has 1 saturated carbocycles. The fourth-order valence-electron chi connectivity index (χ4n) is 8.37. The first-order valence-corrected chi connectivity index (χ1v) is 18.9. The number of halogens is 3. The van der Waals surface area contributed by atoms with E-state index in [0.717, 1.165) is 22.3 Å². The molecule has 3 aliphatic rings. The molecule has 7 rings (SSSR count). The number of nitrogens with zero attached hydrogens (tertiary/aromatic N) is 1. The summed E-state index contributed by atoms with van der Waals surface area (Å²) in [5, 5.41) is 27.0. The van der Waals surface area contributed by atoms with Crippen molar-refractivity contribution in [2.24, 2.45) is 5.41 Å². The Morgan fingerprint density at radius 1 is 1.02 bits per heavy atom. The zero-order valence-corrected chi connectivity index (χ0v) is 31.4. The van der Waals surface area contributed by atoms with Gasteiger partial charge in [-0.25, -0.2) is 4.79 Å². The average molecular weight is 759 g/mol. The molecule has 0 unspecified atom stereocenters. The number of ketones is 1. The van der Waals surface area contributed by atoms with Crippen molar-refractivity contribution in [3.63, 3.8) is 0 Å². The van der Waals surface area contributed by atoms with Gasteiger partial charge in [-0.15, -0.1) is 13.2 Å². The van der Waals surface area contributed by atoms with Gasteiger partial charge in [-0.3, -0.25) is 4.79 Å². The van der Waals surface area contributed by atoms with E-state index in [9.17, 15) is 33.0 Å². The smallest absolute Gasteiger partial charge is 0.461 e. The van der Waals surface area contributed by atoms with Gasteiger partial charge in [-0.05, 0) is 117 Å². The topological polar surface area (TPSA) is 112 Å². The second-order valence-electron chi connectivity index (χ2n) is 15.4. The molecule has 2 bridgehead atoms. The fourth-order valence-corrected chi connectivity index (χ4v) is 8.37. The van der Waals surface area contributed by atoms with Gasteiger partial charge in [0.1, 0.15) is 5.75 Å². The Balaban J connectivity index is 1.38. The van der Waals surface area contributed by atoms with Crippen molar-refractivity contribution < 1.29 is 42.1 Å². The van der Waals surface area contributed by atoms with Crippen molar-refractivity contribution in [3.05, 3.63) is 136 Å². The Labute approximate surface area is 320 Å². The van der Waals surface area contributed by atoms with Crippen LogP contribution in [0, 0.1) is 5.41 Å². The van der Waals surface area contributed by atoms with E-state index >= 15 is 0 Å². The lowest BCUT2D eigenvalue weighted by Gasteiger charge is -2.46. The first-order chi connectivity index (χ1) is 26.1. The maximum atomic E-state index is 14.2. The highest BCUT2D eigenvalue weighted by Gasteiger charge is 2.57. The number of allylic oxidation sites excluding steroid dienone is 2. The lowest BCUT2D eigenvalue weighted by Crippen LogP contribution is -2.55. The second kappa shape index (κ2) is 16.5. The summed E-state index contributed by atoms with van der Waals surface area (Å²) in [6.45, 7) is 5.86. The van der Waals surface area contributed by atoms with Crippen LogP contribution in [-0.4, -0.2) is 51.5 Å². The Morgan fingerprint density at radius 2 is 1.76 bits per heavy atom. The molecule has 2 amide bonds. The maximum absolute atomic E-state index is 14.2. The highest BCUT2D eigenvalue weighted by molar-refractivity contribution is 6.08. The van der Waals surface area contributed by atoms with Gasteiger partial charge in [0.25, 0.3) is 0 Å². The number of nitrogens with one attached hydrogen (secondary N) is 1. The van der Waals surface area contributed by atoms with Crippen LogP contribution < -0.4 is 10.1 Å². The van der Waals surface area contributed by atoms with Gasteiger partial charge in [-0.1, -0.05) is 73.2 Å². The number of hydrogen-bond donors (Lipinski definition) is 3. The number of ether oxygens (including phenoxy) is 1. The number of urea groups is 1. The van der Waals surface area contributed by atoms with Crippen LogP contribution in [0.25, 0.3) is 0 Å². The first kappa shape index (κ1) is 39.8. The SMILES string of the molecule is CC1=CCC[C@@]2(C)[C@@H](CC[C@@]2(O)CN(Cc2ccc(OC(F)(F)F)cc2)C(=O)N[C@H](C)c2ccccc2)c2ccc(cc2C(=O)c2ccco2)C[C@@H](O)CC1. The van der Waals surface area contributed by atoms with E-state index in [1.165, 1.54) is 35.4 Å². The minimum atomic E-state index is -4.84. The van der Waals surface area contributed by atoms with Crippen LogP contribution in [-0.2, 0) is 13.0 Å². The van der Waals surface area contributed by atoms with Gasteiger partial charge in [-0.2, -0.15) is 0 Å². The Bertz CT molecular complexity index is 1960. The number of rotatable bonds is 9. The Kier molecular flexibility index (Phi) is 11.9. The zero-order valence-electron chi connectivity index (χ0n) is 31.4. The van der Waals surface area contributed by atoms with Gasteiger partial charge in [0.2, 0.25) is 5.78 Å². The summed E-state index contributed by atoms with van der Waals surface area (Å²) in [7, 11) is 0. The van der Waals surface area contributed by atoms with E-state index in [2.05, 4.69) is 16.1 Å². The number of carbonyl (C=O) groups is 2. The monoisotopic (exact) mass is 758 g/mol. The van der Waals surface area contributed by atoms with Crippen LogP contribution in [0.3, 0.4) is 0 Å². The van der Waals surface area contributed by atoms with Crippen LogP contribution in [0.4, 0.5) is 18.0 Å². The van der Waals surface area contributed by atoms with Crippen molar-refractivity contribution in [3.8, 4) is 5.75 Å². The number of furan rings is 1. The Hall–Kier alpha value is -4.87. The lowest BCUT2D eigenvalue weighted by atomic mass is 9.64. The van der Waals surface area contributed by atoms with E-state index in [4.69, 9.17) is 4.42 Å². The molecule has 8 nitrogen and oxygen atoms in total. The fraction of sp³-hybridized carbons (Fsp3) is 0.409. The molecule has 3 aromatic carbocycles. The van der Waals surface area contributed by atoms with Crippen LogP contribution in [0.1, 0.15) is 110 Å². The van der Waals surface area contributed by atoms with Crippen LogP contribution in [0.5, 0.6) is 5.75 Å². The lowest BCUT2D eigenvalue weighted by molar-refractivity contribution is -0.274. The van der Waals surface area contributed by atoms with Crippen molar-refractivity contribution >= 4 is 11.8 Å². The minimum Gasteiger partial charge on any atom is -0.461 e. The van der Waals surface area contributed by atoms with E-state index < -0.39 is 29.5 Å². The molecule has 4 aromatic rings. The molecule has 0 radical (unpaired) electrons. The molecule has 1 aromatic heterocycles. The number of hydrogen-bond acceptors (Lipinski definition) is 6. The highest BCUT2D eigenvalue weighted by Crippen LogP contribution is 2.59. The van der Waals surface area contributed by atoms with Crippen molar-refractivity contribution in [1.82, 2.24) is 10.2 Å². The summed E-state index contributed by atoms with van der Waals surface area (Å²) in [6.07, 6.45) is 1.80. The Morgan fingerprint density at radius 3 is 2.45 bits per heavy atom. The van der Waals surface area contributed by atoms with Gasteiger partial charge in [0.15, 0.2) is 5.76 Å². The third-order valence-corrected chi connectivity index (χ3v) is 11.6. The number of benzene rings is 3. The molecule has 5 atom stereocenters. The second-order valence-corrected chi connectivity index (χ2v) is 15.4. The molecule has 3 N–H and O–H groups in total. The van der Waals surface area contributed by atoms with E-state index in [-0.39, 0.29) is 42.3 Å². The quantitative estimate of drug-likeness (QED) is 0.116. The van der Waals surface area contributed by atoms with Crippen LogP contribution >= 0.6 is 0 Å². The van der Waals surface area contributed by atoms with Gasteiger partial charge in [0, 0.05) is 17.5 Å². The third-order valence-electron chi connectivity index (χ3n) is 11.6. The predicted octanol–water partition coefficient (Wildman–Crippen LogP) is 9.42. The standard InChI is InChI=1S/C44H49F3N2O6/c1-29-9-7-22-42(3)38(36-20-16-32(25-34(50)17-13-29)26-37(36)40(51)39-12-8-24-54-39)21-23-43(42,53)28-49(41(52)48-30(2)33-10-5-4-6-11-33)27-31-14-18-35(19-15-31)55-44(45,46)47/h4-6,8-12,14-16,18-20,24,26,30,34,38,50,53H,7,13,17,21-23,25,27-28H2,1-3H3,(H,48,52)/t30-,34+,38+,42+,43-/m1/s1. The van der Waals surface area contributed by atoms with Gasteiger partial charge < -0.3 is 29.6 Å². The number of aliphatic hydroxyl groups is 2. The molecule has 11 heteroatoms. The molecule has 292 valence electrons. The number of amides is 2. The van der Waals surface area contributed by atoms with Crippen molar-refractivity contribution in [1.29, 1.82) is 0 Å². The molecular weight excluding hydrogens is 709 g/mol. The summed E-state index contributed by atoms with van der Waals surface area (Å²) in [4.78, 5) is 29.8. The summed E-state index contributed by atoms with van der Waals surface area (Å²) >= 11 is 0. The molecule has 3 aliphatic carbocycles. The van der Waals surface area contributed by atoms with Gasteiger partial charge in [0.05, 0.1) is 30.6 Å². The summed E-state index contributed by atoms with van der Waals surface area (Å²) in [5.41, 5.74) is 2.32. The summed E-state index contributed by atoms with van der Waals surface area (Å²) in [5.74, 6) is -0.770. The number of carbonyl (C=O) groups excluding carboxylic acids is 2. The van der Waals surface area contributed by atoms with Crippen molar-refractivity contribution in [2.45, 2.75) is 102 Å². The average Bonchev–Trinajstić information content (AvgIpc) is 3.77. The molecule has 1 fully saturated rings. The number of alkyl halides is 3. The number of fused-ring (bicyclic) bond motifs is 8. The highest BCUT2D eigenvalue weighted by atomic mass is 19.4. The molecule has 0 saturated heterocycles. The third kappa shape index (κ3) is 9.33. The normalized spacial score (nSPS) is 23.6. The molecule has 0 aliphatic heterocycles. The van der Waals surface area contributed by atoms with Crippen molar-refractivity contribution in [2.75, 3.05) is 6.54 Å².